The van der Waals surface area contributed by atoms with Crippen molar-refractivity contribution in [1.29, 1.82) is 0 Å². The number of hydrogen-bond donors (Lipinski definition) is 0. The molecule has 3 nitrogen and oxygen atoms in total. The molecule has 0 N–H and O–H groups in total. The molecule has 0 bridgehead atoms. The van der Waals surface area contributed by atoms with E-state index in [9.17, 15) is 4.79 Å². The van der Waals surface area contributed by atoms with Gasteiger partial charge in [0.25, 0.3) is 5.91 Å². The fourth-order valence-corrected chi connectivity index (χ4v) is 3.04. The maximum atomic E-state index is 12.6. The Hall–Kier alpha value is -2.29. The number of hydrogen-bond acceptors (Lipinski definition) is 2. The zero-order valence-corrected chi connectivity index (χ0v) is 13.3. The maximum absolute atomic E-state index is 12.6. The Morgan fingerprint density at radius 2 is 1.95 bits per heavy atom. The van der Waals surface area contributed by atoms with E-state index in [1.807, 2.05) is 55.1 Å². The highest BCUT2D eigenvalue weighted by atomic mass is 16.5. The number of para-hydroxylation sites is 1. The van der Waals surface area contributed by atoms with Crippen LogP contribution in [0.15, 0.2) is 42.5 Å². The van der Waals surface area contributed by atoms with Crippen molar-refractivity contribution in [3.8, 4) is 5.75 Å². The van der Waals surface area contributed by atoms with Crippen molar-refractivity contribution in [3.05, 3.63) is 59.2 Å². The summed E-state index contributed by atoms with van der Waals surface area (Å²) in [5.41, 5.74) is 4.51. The molecule has 0 saturated carbocycles. The molecule has 2 aromatic carbocycles. The predicted molar refractivity (Wildman–Crippen MR) is 88.5 cm³/mol. The lowest BCUT2D eigenvalue weighted by Gasteiger charge is -2.23. The molecule has 0 radical (unpaired) electrons. The molecular formula is C19H21NO2. The van der Waals surface area contributed by atoms with Crippen LogP contribution in [-0.2, 0) is 11.2 Å². The number of rotatable bonds is 3. The topological polar surface area (TPSA) is 29.5 Å². The lowest BCUT2D eigenvalue weighted by molar-refractivity contribution is -0.120. The van der Waals surface area contributed by atoms with E-state index >= 15 is 0 Å². The van der Waals surface area contributed by atoms with Crippen LogP contribution in [0, 0.1) is 13.8 Å². The van der Waals surface area contributed by atoms with Gasteiger partial charge in [-0.2, -0.15) is 0 Å². The largest absolute Gasteiger partial charge is 0.483 e. The summed E-state index contributed by atoms with van der Waals surface area (Å²) in [4.78, 5) is 14.5. The Balaban J connectivity index is 1.74. The van der Waals surface area contributed by atoms with Crippen LogP contribution < -0.4 is 9.64 Å². The van der Waals surface area contributed by atoms with Crippen LogP contribution in [0.5, 0.6) is 5.75 Å². The normalized spacial score (nSPS) is 16.5. The van der Waals surface area contributed by atoms with Crippen molar-refractivity contribution in [1.82, 2.24) is 0 Å². The third kappa shape index (κ3) is 2.59. The molecule has 1 atom stereocenters. The lowest BCUT2D eigenvalue weighted by Crippen LogP contribution is -2.39. The SMILES string of the molecule is Cc1cccc(OCC(=O)N2c3ccccc3CC2C)c1C. The first-order valence-electron chi connectivity index (χ1n) is 7.67. The molecule has 0 aliphatic carbocycles. The zero-order chi connectivity index (χ0) is 15.7. The molecule has 3 rings (SSSR count). The van der Waals surface area contributed by atoms with Crippen molar-refractivity contribution in [2.45, 2.75) is 33.2 Å². The fraction of sp³-hybridized carbons (Fsp3) is 0.316. The molecule has 3 heteroatoms. The first kappa shape index (κ1) is 14.6. The highest BCUT2D eigenvalue weighted by molar-refractivity contribution is 5.97. The minimum atomic E-state index is 0.0124. The van der Waals surface area contributed by atoms with Gasteiger partial charge in [-0.05, 0) is 56.0 Å². The molecule has 1 amide bonds. The second-order valence-electron chi connectivity index (χ2n) is 5.93. The summed E-state index contributed by atoms with van der Waals surface area (Å²) in [5.74, 6) is 0.798. The summed E-state index contributed by atoms with van der Waals surface area (Å²) in [7, 11) is 0. The van der Waals surface area contributed by atoms with Gasteiger partial charge in [0.15, 0.2) is 6.61 Å². The van der Waals surface area contributed by atoms with E-state index in [0.29, 0.717) is 0 Å². The number of anilines is 1. The lowest BCUT2D eigenvalue weighted by atomic mass is 10.1. The number of amides is 1. The van der Waals surface area contributed by atoms with E-state index in [0.717, 1.165) is 23.4 Å². The number of benzene rings is 2. The van der Waals surface area contributed by atoms with Crippen molar-refractivity contribution < 1.29 is 9.53 Å². The number of fused-ring (bicyclic) bond motifs is 1. The van der Waals surface area contributed by atoms with Crippen molar-refractivity contribution in [3.63, 3.8) is 0 Å². The Labute approximate surface area is 131 Å². The highest BCUT2D eigenvalue weighted by Crippen LogP contribution is 2.32. The minimum absolute atomic E-state index is 0.0124. The highest BCUT2D eigenvalue weighted by Gasteiger charge is 2.30. The van der Waals surface area contributed by atoms with E-state index in [1.54, 1.807) is 0 Å². The van der Waals surface area contributed by atoms with Crippen LogP contribution in [0.4, 0.5) is 5.69 Å². The third-order valence-corrected chi connectivity index (χ3v) is 4.38. The van der Waals surface area contributed by atoms with Crippen molar-refractivity contribution in [2.24, 2.45) is 0 Å². The summed E-state index contributed by atoms with van der Waals surface area (Å²) >= 11 is 0. The van der Waals surface area contributed by atoms with E-state index < -0.39 is 0 Å². The second kappa shape index (κ2) is 5.84. The van der Waals surface area contributed by atoms with Crippen LogP contribution in [0.25, 0.3) is 0 Å². The molecule has 1 heterocycles. The number of carbonyl (C=O) groups excluding carboxylic acids is 1. The van der Waals surface area contributed by atoms with Crippen LogP contribution in [0.2, 0.25) is 0 Å². The van der Waals surface area contributed by atoms with Crippen molar-refractivity contribution in [2.75, 3.05) is 11.5 Å². The second-order valence-corrected chi connectivity index (χ2v) is 5.93. The van der Waals surface area contributed by atoms with E-state index in [4.69, 9.17) is 4.74 Å². The fourth-order valence-electron chi connectivity index (χ4n) is 3.04. The van der Waals surface area contributed by atoms with E-state index in [2.05, 4.69) is 13.0 Å². The van der Waals surface area contributed by atoms with E-state index in [1.165, 1.54) is 11.1 Å². The molecule has 22 heavy (non-hydrogen) atoms. The molecule has 2 aromatic rings. The molecule has 0 aromatic heterocycles. The Kier molecular flexibility index (Phi) is 3.88. The molecule has 0 saturated heterocycles. The van der Waals surface area contributed by atoms with Crippen LogP contribution in [0.3, 0.4) is 0 Å². The van der Waals surface area contributed by atoms with Gasteiger partial charge in [0, 0.05) is 11.7 Å². The Bertz CT molecular complexity index is 708. The van der Waals surface area contributed by atoms with Crippen LogP contribution in [0.1, 0.15) is 23.6 Å². The smallest absolute Gasteiger partial charge is 0.265 e. The van der Waals surface area contributed by atoms with Gasteiger partial charge in [0.2, 0.25) is 0 Å². The quantitative estimate of drug-likeness (QED) is 0.865. The average Bonchev–Trinajstić information content (AvgIpc) is 2.84. The van der Waals surface area contributed by atoms with Gasteiger partial charge < -0.3 is 9.64 Å². The number of aryl methyl sites for hydroxylation is 1. The molecule has 0 spiro atoms. The summed E-state index contributed by atoms with van der Waals surface area (Å²) < 4.78 is 5.76. The predicted octanol–water partition coefficient (Wildman–Crippen LogP) is 3.66. The standard InChI is InChI=1S/C19H21NO2/c1-13-7-6-10-18(15(13)3)22-12-19(21)20-14(2)11-16-8-4-5-9-17(16)20/h4-10,14H,11-12H2,1-3H3. The summed E-state index contributed by atoms with van der Waals surface area (Å²) in [6, 6.07) is 14.2. The molecule has 1 aliphatic rings. The monoisotopic (exact) mass is 295 g/mol. The van der Waals surface area contributed by atoms with Gasteiger partial charge in [-0.25, -0.2) is 0 Å². The summed E-state index contributed by atoms with van der Waals surface area (Å²) in [6.07, 6.45) is 0.908. The van der Waals surface area contributed by atoms with Crippen molar-refractivity contribution >= 4 is 11.6 Å². The van der Waals surface area contributed by atoms with Gasteiger partial charge in [-0.3, -0.25) is 4.79 Å². The molecular weight excluding hydrogens is 274 g/mol. The molecule has 1 aliphatic heterocycles. The molecule has 114 valence electrons. The Morgan fingerprint density at radius 1 is 1.18 bits per heavy atom. The van der Waals surface area contributed by atoms with Gasteiger partial charge in [-0.15, -0.1) is 0 Å². The number of carbonyl (C=O) groups is 1. The maximum Gasteiger partial charge on any atom is 0.265 e. The van der Waals surface area contributed by atoms with Crippen LogP contribution >= 0.6 is 0 Å². The van der Waals surface area contributed by atoms with Gasteiger partial charge in [0.05, 0.1) is 0 Å². The van der Waals surface area contributed by atoms with Gasteiger partial charge >= 0.3 is 0 Å². The first-order valence-corrected chi connectivity index (χ1v) is 7.67. The average molecular weight is 295 g/mol. The van der Waals surface area contributed by atoms with Gasteiger partial charge in [-0.1, -0.05) is 30.3 Å². The van der Waals surface area contributed by atoms with E-state index in [-0.39, 0.29) is 18.6 Å². The number of ether oxygens (including phenoxy) is 1. The van der Waals surface area contributed by atoms with Crippen LogP contribution in [-0.4, -0.2) is 18.6 Å². The zero-order valence-electron chi connectivity index (χ0n) is 13.3. The van der Waals surface area contributed by atoms with Gasteiger partial charge in [0.1, 0.15) is 5.75 Å². The third-order valence-electron chi connectivity index (χ3n) is 4.38. The molecule has 1 unspecified atom stereocenters. The Morgan fingerprint density at radius 3 is 2.77 bits per heavy atom. The minimum Gasteiger partial charge on any atom is -0.483 e. The first-order chi connectivity index (χ1) is 10.6. The molecule has 0 fully saturated rings. The summed E-state index contributed by atoms with van der Waals surface area (Å²) in [5, 5.41) is 0. The summed E-state index contributed by atoms with van der Waals surface area (Å²) in [6.45, 7) is 6.21. The number of nitrogens with zero attached hydrogens (tertiary/aromatic N) is 1.